The van der Waals surface area contributed by atoms with Crippen molar-refractivity contribution in [2.24, 2.45) is 0 Å². The Kier molecular flexibility index (Phi) is 60.0. The first kappa shape index (κ1) is 70.1. The second-order valence-electron chi connectivity index (χ2n) is 22.1. The van der Waals surface area contributed by atoms with Gasteiger partial charge in [-0.25, -0.2) is 0 Å². The first-order valence-electron chi connectivity index (χ1n) is 32.2. The number of ether oxygens (including phenoxy) is 1. The van der Waals surface area contributed by atoms with E-state index >= 15 is 0 Å². The molecule has 0 saturated carbocycles. The molecule has 2 unspecified atom stereocenters. The molecule has 0 aliphatic carbocycles. The fraction of sp³-hybridized carbons (Fsp3) is 0.879. The fourth-order valence-electron chi connectivity index (χ4n) is 9.96. The van der Waals surface area contributed by atoms with E-state index in [9.17, 15) is 19.8 Å². The van der Waals surface area contributed by atoms with Gasteiger partial charge in [-0.1, -0.05) is 288 Å². The zero-order valence-corrected chi connectivity index (χ0v) is 48.4. The van der Waals surface area contributed by atoms with Gasteiger partial charge in [0.15, 0.2) is 0 Å². The molecule has 72 heavy (non-hydrogen) atoms. The van der Waals surface area contributed by atoms with Crippen LogP contribution in [-0.4, -0.2) is 47.4 Å². The maximum Gasteiger partial charge on any atom is 0.305 e. The highest BCUT2D eigenvalue weighted by molar-refractivity contribution is 5.76. The number of carbonyl (C=O) groups excluding carboxylic acids is 2. The molecule has 0 spiro atoms. The lowest BCUT2D eigenvalue weighted by Crippen LogP contribution is -2.45. The summed E-state index contributed by atoms with van der Waals surface area (Å²) in [6.07, 6.45) is 77.5. The lowest BCUT2D eigenvalue weighted by Gasteiger charge is -2.22. The molecule has 0 fully saturated rings. The largest absolute Gasteiger partial charge is 0.466 e. The Morgan fingerprint density at radius 3 is 1.08 bits per heavy atom. The van der Waals surface area contributed by atoms with E-state index in [4.69, 9.17) is 4.74 Å². The lowest BCUT2D eigenvalue weighted by molar-refractivity contribution is -0.143. The Balaban J connectivity index is 3.34. The number of unbranched alkanes of at least 4 members (excludes halogenated alkanes) is 43. The van der Waals surface area contributed by atoms with E-state index < -0.39 is 12.1 Å². The van der Waals surface area contributed by atoms with Gasteiger partial charge in [0.2, 0.25) is 5.91 Å². The minimum Gasteiger partial charge on any atom is -0.466 e. The second kappa shape index (κ2) is 61.6. The van der Waals surface area contributed by atoms with Crippen LogP contribution >= 0.6 is 0 Å². The number of hydrogen-bond acceptors (Lipinski definition) is 5. The second-order valence-corrected chi connectivity index (χ2v) is 22.1. The van der Waals surface area contributed by atoms with Gasteiger partial charge in [0.25, 0.3) is 0 Å². The number of nitrogens with one attached hydrogen (secondary N) is 1. The molecular formula is C66H125NO5. The predicted molar refractivity (Wildman–Crippen MR) is 315 cm³/mol. The molecule has 0 aromatic heterocycles. The van der Waals surface area contributed by atoms with E-state index in [1.165, 1.54) is 263 Å². The van der Waals surface area contributed by atoms with Gasteiger partial charge in [-0.05, 0) is 83.5 Å². The van der Waals surface area contributed by atoms with Crippen LogP contribution in [0.25, 0.3) is 0 Å². The normalized spacial score (nSPS) is 12.8. The average molecular weight is 1010 g/mol. The molecule has 1 amide bonds. The van der Waals surface area contributed by atoms with Gasteiger partial charge in [0.1, 0.15) is 0 Å². The van der Waals surface area contributed by atoms with Crippen molar-refractivity contribution in [3.8, 4) is 0 Å². The minimum absolute atomic E-state index is 0.00847. The fourth-order valence-corrected chi connectivity index (χ4v) is 9.96. The SMILES string of the molecule is CCCCCC/C=C\C/C=C\CCCCCCCCCC(=O)OCCCCCCCCCCCCCC/C=C\CCCCCCCCCCCCCCC(=O)NC(CO)C(O)CCCCCCCCCCC. The van der Waals surface area contributed by atoms with E-state index in [1.54, 1.807) is 0 Å². The van der Waals surface area contributed by atoms with Crippen LogP contribution in [0.15, 0.2) is 36.5 Å². The van der Waals surface area contributed by atoms with Crippen LogP contribution in [0.2, 0.25) is 0 Å². The van der Waals surface area contributed by atoms with Gasteiger partial charge in [-0.15, -0.1) is 0 Å². The Morgan fingerprint density at radius 2 is 0.694 bits per heavy atom. The van der Waals surface area contributed by atoms with Crippen LogP contribution in [0.1, 0.15) is 348 Å². The van der Waals surface area contributed by atoms with Gasteiger partial charge >= 0.3 is 5.97 Å². The van der Waals surface area contributed by atoms with E-state index in [1.807, 2.05) is 0 Å². The molecule has 0 rings (SSSR count). The van der Waals surface area contributed by atoms with E-state index in [-0.39, 0.29) is 18.5 Å². The highest BCUT2D eigenvalue weighted by Crippen LogP contribution is 2.17. The number of carbonyl (C=O) groups is 2. The smallest absolute Gasteiger partial charge is 0.305 e. The lowest BCUT2D eigenvalue weighted by atomic mass is 10.0. The van der Waals surface area contributed by atoms with Gasteiger partial charge in [-0.3, -0.25) is 9.59 Å². The maximum absolute atomic E-state index is 12.4. The van der Waals surface area contributed by atoms with Gasteiger partial charge in [-0.2, -0.15) is 0 Å². The first-order chi connectivity index (χ1) is 35.5. The summed E-state index contributed by atoms with van der Waals surface area (Å²) >= 11 is 0. The first-order valence-corrected chi connectivity index (χ1v) is 32.2. The molecule has 2 atom stereocenters. The number of allylic oxidation sites excluding steroid dienone is 6. The maximum atomic E-state index is 12.4. The van der Waals surface area contributed by atoms with E-state index in [0.717, 1.165) is 51.4 Å². The molecule has 0 aliphatic heterocycles. The number of rotatable bonds is 60. The zero-order valence-electron chi connectivity index (χ0n) is 48.4. The van der Waals surface area contributed by atoms with Crippen molar-refractivity contribution in [3.05, 3.63) is 36.5 Å². The molecule has 0 bridgehead atoms. The molecule has 6 nitrogen and oxygen atoms in total. The molecule has 0 aliphatic rings. The highest BCUT2D eigenvalue weighted by atomic mass is 16.5. The molecular weight excluding hydrogens is 887 g/mol. The molecule has 6 heteroatoms. The van der Waals surface area contributed by atoms with Crippen LogP contribution in [0.3, 0.4) is 0 Å². The number of amides is 1. The van der Waals surface area contributed by atoms with Crippen molar-refractivity contribution in [2.75, 3.05) is 13.2 Å². The van der Waals surface area contributed by atoms with Crippen LogP contribution < -0.4 is 5.32 Å². The standard InChI is InChI=1S/C66H125NO5/c1-3-5-7-9-11-13-14-15-16-17-31-34-37-40-44-48-52-56-60-66(71)72-61-57-53-49-45-41-38-35-32-29-27-25-23-21-19-18-20-22-24-26-28-30-33-36-39-43-47-51-55-59-65(70)67-63(62-68)64(69)58-54-50-46-42-12-10-8-6-4-2/h13-14,16-19,63-64,68-69H,3-12,15,20-62H2,1-2H3,(H,67,70)/b14-13-,17-16-,19-18-. The summed E-state index contributed by atoms with van der Waals surface area (Å²) in [7, 11) is 0. The minimum atomic E-state index is -0.662. The van der Waals surface area contributed by atoms with E-state index in [2.05, 4.69) is 55.6 Å². The molecule has 0 heterocycles. The van der Waals surface area contributed by atoms with Crippen LogP contribution in [0.4, 0.5) is 0 Å². The van der Waals surface area contributed by atoms with Crippen molar-refractivity contribution in [1.82, 2.24) is 5.32 Å². The van der Waals surface area contributed by atoms with E-state index in [0.29, 0.717) is 25.9 Å². The van der Waals surface area contributed by atoms with Crippen molar-refractivity contribution < 1.29 is 24.5 Å². The summed E-state index contributed by atoms with van der Waals surface area (Å²) in [6, 6.07) is -0.539. The third-order valence-corrected chi connectivity index (χ3v) is 14.9. The van der Waals surface area contributed by atoms with Crippen LogP contribution in [-0.2, 0) is 14.3 Å². The Labute approximate surface area is 449 Å². The average Bonchev–Trinajstić information content (AvgIpc) is 3.38. The summed E-state index contributed by atoms with van der Waals surface area (Å²) in [5.41, 5.74) is 0. The molecule has 3 N–H and O–H groups in total. The summed E-state index contributed by atoms with van der Waals surface area (Å²) < 4.78 is 5.50. The van der Waals surface area contributed by atoms with Crippen LogP contribution in [0, 0.1) is 0 Å². The monoisotopic (exact) mass is 1010 g/mol. The van der Waals surface area contributed by atoms with Crippen LogP contribution in [0.5, 0.6) is 0 Å². The highest BCUT2D eigenvalue weighted by Gasteiger charge is 2.20. The van der Waals surface area contributed by atoms with Crippen molar-refractivity contribution in [2.45, 2.75) is 360 Å². The van der Waals surface area contributed by atoms with Crippen molar-refractivity contribution >= 4 is 11.9 Å². The molecule has 0 aromatic carbocycles. The zero-order chi connectivity index (χ0) is 52.2. The van der Waals surface area contributed by atoms with Gasteiger partial charge in [0, 0.05) is 12.8 Å². The van der Waals surface area contributed by atoms with Gasteiger partial charge in [0.05, 0.1) is 25.4 Å². The number of esters is 1. The van der Waals surface area contributed by atoms with Gasteiger partial charge < -0.3 is 20.3 Å². The summed E-state index contributed by atoms with van der Waals surface area (Å²) in [6.45, 7) is 4.93. The number of hydrogen-bond donors (Lipinski definition) is 3. The third kappa shape index (κ3) is 57.4. The number of aliphatic hydroxyl groups excluding tert-OH is 2. The predicted octanol–water partition coefficient (Wildman–Crippen LogP) is 20.4. The number of aliphatic hydroxyl groups is 2. The Hall–Kier alpha value is -1.92. The van der Waals surface area contributed by atoms with Crippen molar-refractivity contribution in [1.29, 1.82) is 0 Å². The Morgan fingerprint density at radius 1 is 0.389 bits per heavy atom. The summed E-state index contributed by atoms with van der Waals surface area (Å²) in [5, 5.41) is 23.1. The topological polar surface area (TPSA) is 95.9 Å². The summed E-state index contributed by atoms with van der Waals surface area (Å²) in [4.78, 5) is 24.5. The third-order valence-electron chi connectivity index (χ3n) is 14.9. The molecule has 0 radical (unpaired) electrons. The quantitative estimate of drug-likeness (QED) is 0.0320. The van der Waals surface area contributed by atoms with Crippen molar-refractivity contribution in [3.63, 3.8) is 0 Å². The Bertz CT molecular complexity index is 1170. The molecule has 424 valence electrons. The molecule has 0 aromatic rings. The molecule has 0 saturated heterocycles. The summed E-state index contributed by atoms with van der Waals surface area (Å²) in [5.74, 6) is -0.0282.